The molecule has 5 aromatic rings. The molecule has 1 atom stereocenters. The second kappa shape index (κ2) is 9.29. The van der Waals surface area contributed by atoms with Crippen LogP contribution in [0.3, 0.4) is 0 Å². The van der Waals surface area contributed by atoms with E-state index < -0.39 is 11.7 Å². The number of aryl methyl sites for hydroxylation is 1. The van der Waals surface area contributed by atoms with Gasteiger partial charge in [-0.3, -0.25) is 9.69 Å². The van der Waals surface area contributed by atoms with Gasteiger partial charge in [0.25, 0.3) is 5.91 Å². The van der Waals surface area contributed by atoms with Gasteiger partial charge in [-0.15, -0.1) is 5.10 Å². The van der Waals surface area contributed by atoms with E-state index in [1.165, 1.54) is 28.9 Å². The number of piperidine rings is 1. The van der Waals surface area contributed by atoms with Gasteiger partial charge in [0, 0.05) is 30.4 Å². The number of anilines is 1. The molecule has 10 heteroatoms. The maximum atomic E-state index is 15.6. The van der Waals surface area contributed by atoms with Crippen molar-refractivity contribution in [2.75, 3.05) is 18.0 Å². The number of fused-ring (bicyclic) bond motifs is 2. The van der Waals surface area contributed by atoms with Crippen molar-refractivity contribution in [3.8, 4) is 5.69 Å². The summed E-state index contributed by atoms with van der Waals surface area (Å²) in [5.74, 6) is -1.18. The van der Waals surface area contributed by atoms with Crippen LogP contribution in [-0.2, 0) is 0 Å². The first kappa shape index (κ1) is 23.1. The number of nitrogens with zero attached hydrogens (tertiary/aromatic N) is 6. The Bertz CT molecular complexity index is 1650. The lowest BCUT2D eigenvalue weighted by atomic mass is 10.0. The zero-order valence-electron chi connectivity index (χ0n) is 20.0. The minimum atomic E-state index is -0.696. The molecule has 0 bridgehead atoms. The van der Waals surface area contributed by atoms with Crippen LogP contribution in [0, 0.1) is 18.6 Å². The fourth-order valence-corrected chi connectivity index (χ4v) is 5.01. The predicted octanol–water partition coefficient (Wildman–Crippen LogP) is 4.35. The van der Waals surface area contributed by atoms with Crippen LogP contribution in [0.15, 0.2) is 60.9 Å². The van der Waals surface area contributed by atoms with Crippen molar-refractivity contribution in [1.82, 2.24) is 30.3 Å². The topological polar surface area (TPSA) is 88.8 Å². The Hall–Kier alpha value is -4.31. The van der Waals surface area contributed by atoms with Crippen molar-refractivity contribution in [3.05, 3.63) is 83.7 Å². The average molecular weight is 500 g/mol. The van der Waals surface area contributed by atoms with Gasteiger partial charge in [-0.1, -0.05) is 5.21 Å². The molecule has 1 saturated heterocycles. The Kier molecular flexibility index (Phi) is 5.80. The van der Waals surface area contributed by atoms with E-state index in [4.69, 9.17) is 0 Å². The minimum absolute atomic E-state index is 0.0923. The number of benzene rings is 2. The molecular formula is C27H23F2N7O. The molecule has 8 nitrogen and oxygen atoms in total. The number of carbonyl (C=O) groups is 1. The third-order valence-electron chi connectivity index (χ3n) is 6.72. The molecule has 37 heavy (non-hydrogen) atoms. The Morgan fingerprint density at radius 1 is 1.11 bits per heavy atom. The van der Waals surface area contributed by atoms with E-state index >= 15 is 4.39 Å². The molecule has 186 valence electrons. The summed E-state index contributed by atoms with van der Waals surface area (Å²) in [7, 11) is 0. The molecular weight excluding hydrogens is 476 g/mol. The number of hydrogen-bond donors (Lipinski definition) is 1. The Balaban J connectivity index is 1.45. The smallest absolute Gasteiger partial charge is 0.262 e. The second-order valence-electron chi connectivity index (χ2n) is 9.14. The molecule has 0 unspecified atom stereocenters. The standard InChI is InChI=1S/C27H23F2N7O/c1-16-12-18(28)13-17-8-11-32-26(24(16)17)35(20-4-2-9-30-15-20)27(37)21-7-6-19(14-22(21)29)36-25-23(33-34-36)5-3-10-31-25/h3,5-8,10-14,20,30H,2,4,9,15H2,1H3/t20-/m1/s1. The van der Waals surface area contributed by atoms with Crippen LogP contribution in [0.2, 0.25) is 0 Å². The molecule has 0 radical (unpaired) electrons. The Labute approximate surface area is 210 Å². The third-order valence-corrected chi connectivity index (χ3v) is 6.72. The zero-order valence-corrected chi connectivity index (χ0v) is 20.0. The van der Waals surface area contributed by atoms with Crippen LogP contribution in [0.1, 0.15) is 28.8 Å². The molecule has 1 aliphatic rings. The number of aromatic nitrogens is 5. The summed E-state index contributed by atoms with van der Waals surface area (Å²) >= 11 is 0. The molecule has 0 spiro atoms. The number of pyridine rings is 2. The zero-order chi connectivity index (χ0) is 25.5. The highest BCUT2D eigenvalue weighted by molar-refractivity contribution is 6.11. The Morgan fingerprint density at radius 3 is 2.81 bits per heavy atom. The molecule has 1 N–H and O–H groups in total. The van der Waals surface area contributed by atoms with Crippen molar-refractivity contribution in [3.63, 3.8) is 0 Å². The van der Waals surface area contributed by atoms with Crippen LogP contribution in [0.25, 0.3) is 27.6 Å². The maximum absolute atomic E-state index is 15.6. The summed E-state index contributed by atoms with van der Waals surface area (Å²) in [5.41, 5.74) is 2.02. The molecule has 0 aliphatic carbocycles. The van der Waals surface area contributed by atoms with Gasteiger partial charge >= 0.3 is 0 Å². The van der Waals surface area contributed by atoms with Gasteiger partial charge in [-0.05, 0) is 79.7 Å². The quantitative estimate of drug-likeness (QED) is 0.396. The van der Waals surface area contributed by atoms with Crippen molar-refractivity contribution in [2.45, 2.75) is 25.8 Å². The third kappa shape index (κ3) is 4.09. The molecule has 0 saturated carbocycles. The van der Waals surface area contributed by atoms with E-state index in [0.29, 0.717) is 45.5 Å². The fraction of sp³-hybridized carbons (Fsp3) is 0.222. The van der Waals surface area contributed by atoms with Crippen molar-refractivity contribution in [2.24, 2.45) is 0 Å². The fourth-order valence-electron chi connectivity index (χ4n) is 5.01. The van der Waals surface area contributed by atoms with Crippen LogP contribution in [0.4, 0.5) is 14.6 Å². The molecule has 3 aromatic heterocycles. The number of nitrogens with one attached hydrogen (secondary N) is 1. The predicted molar refractivity (Wildman–Crippen MR) is 136 cm³/mol. The van der Waals surface area contributed by atoms with E-state index in [9.17, 15) is 9.18 Å². The summed E-state index contributed by atoms with van der Waals surface area (Å²) in [6, 6.07) is 12.1. The molecule has 1 aliphatic heterocycles. The van der Waals surface area contributed by atoms with Crippen LogP contribution in [-0.4, -0.2) is 50.0 Å². The van der Waals surface area contributed by atoms with Gasteiger partial charge in [-0.2, -0.15) is 4.68 Å². The number of halogens is 2. The van der Waals surface area contributed by atoms with Gasteiger partial charge < -0.3 is 5.32 Å². The number of amides is 1. The summed E-state index contributed by atoms with van der Waals surface area (Å²) in [6.45, 7) is 3.17. The van der Waals surface area contributed by atoms with E-state index in [1.54, 1.807) is 48.5 Å². The number of carbonyl (C=O) groups excluding carboxylic acids is 1. The largest absolute Gasteiger partial charge is 0.315 e. The molecule has 1 amide bonds. The first-order valence-electron chi connectivity index (χ1n) is 12.1. The molecule has 2 aromatic carbocycles. The van der Waals surface area contributed by atoms with E-state index in [1.807, 2.05) is 0 Å². The highest BCUT2D eigenvalue weighted by Gasteiger charge is 2.32. The van der Waals surface area contributed by atoms with Gasteiger partial charge in [-0.25, -0.2) is 18.7 Å². The van der Waals surface area contributed by atoms with Crippen LogP contribution in [0.5, 0.6) is 0 Å². The number of rotatable bonds is 4. The van der Waals surface area contributed by atoms with E-state index in [-0.39, 0.29) is 17.4 Å². The van der Waals surface area contributed by atoms with E-state index in [2.05, 4.69) is 25.6 Å². The Morgan fingerprint density at radius 2 is 2.00 bits per heavy atom. The molecule has 1 fully saturated rings. The normalized spacial score (nSPS) is 15.8. The van der Waals surface area contributed by atoms with Crippen molar-refractivity contribution in [1.29, 1.82) is 0 Å². The van der Waals surface area contributed by atoms with Gasteiger partial charge in [0.05, 0.1) is 17.3 Å². The summed E-state index contributed by atoms with van der Waals surface area (Å²) in [5, 5.41) is 12.8. The number of hydrogen-bond acceptors (Lipinski definition) is 6. The van der Waals surface area contributed by atoms with Gasteiger partial charge in [0.1, 0.15) is 23.0 Å². The highest BCUT2D eigenvalue weighted by atomic mass is 19.1. The van der Waals surface area contributed by atoms with Crippen molar-refractivity contribution >= 4 is 33.7 Å². The SMILES string of the molecule is Cc1cc(F)cc2ccnc(N(C(=O)c3ccc(-n4nnc5cccnc54)cc3F)[C@@H]3CCCNC3)c12. The summed E-state index contributed by atoms with van der Waals surface area (Å²) in [6.07, 6.45) is 4.75. The van der Waals surface area contributed by atoms with Gasteiger partial charge in [0.2, 0.25) is 0 Å². The average Bonchev–Trinajstić information content (AvgIpc) is 3.33. The van der Waals surface area contributed by atoms with Crippen LogP contribution >= 0.6 is 0 Å². The summed E-state index contributed by atoms with van der Waals surface area (Å²) < 4.78 is 31.1. The summed E-state index contributed by atoms with van der Waals surface area (Å²) in [4.78, 5) is 24.4. The lowest BCUT2D eigenvalue weighted by molar-refractivity contribution is 0.0968. The molecule has 6 rings (SSSR count). The molecule has 4 heterocycles. The van der Waals surface area contributed by atoms with Crippen LogP contribution < -0.4 is 10.2 Å². The minimum Gasteiger partial charge on any atom is -0.315 e. The van der Waals surface area contributed by atoms with E-state index in [0.717, 1.165) is 19.4 Å². The van der Waals surface area contributed by atoms with Gasteiger partial charge in [0.15, 0.2) is 5.65 Å². The monoisotopic (exact) mass is 499 g/mol. The maximum Gasteiger partial charge on any atom is 0.262 e. The van der Waals surface area contributed by atoms with Crippen molar-refractivity contribution < 1.29 is 13.6 Å². The lowest BCUT2D eigenvalue weighted by Crippen LogP contribution is -2.49. The first-order chi connectivity index (χ1) is 18.0. The lowest BCUT2D eigenvalue weighted by Gasteiger charge is -2.35. The highest BCUT2D eigenvalue weighted by Crippen LogP contribution is 2.32. The first-order valence-corrected chi connectivity index (χ1v) is 12.1. The second-order valence-corrected chi connectivity index (χ2v) is 9.14.